The lowest BCUT2D eigenvalue weighted by Gasteiger charge is -2.14. The first-order chi connectivity index (χ1) is 10.1. The minimum absolute atomic E-state index is 0.266. The molecule has 0 aliphatic carbocycles. The highest BCUT2D eigenvalue weighted by Crippen LogP contribution is 2.24. The largest absolute Gasteiger partial charge is 0.484 e. The molecule has 0 amide bonds. The fraction of sp³-hybridized carbons (Fsp3) is 0.353. The first kappa shape index (κ1) is 15.4. The lowest BCUT2D eigenvalue weighted by atomic mass is 10.1. The highest BCUT2D eigenvalue weighted by molar-refractivity contribution is 5.35. The molecule has 0 aliphatic rings. The van der Waals surface area contributed by atoms with Crippen LogP contribution in [0.25, 0.3) is 0 Å². The van der Waals surface area contributed by atoms with Crippen molar-refractivity contribution >= 4 is 0 Å². The zero-order valence-corrected chi connectivity index (χ0v) is 12.7. The van der Waals surface area contributed by atoms with Crippen molar-refractivity contribution in [3.8, 4) is 5.75 Å². The molecule has 0 unspecified atom stereocenters. The van der Waals surface area contributed by atoms with Crippen LogP contribution in [0.4, 0.5) is 4.39 Å². The van der Waals surface area contributed by atoms with Crippen molar-refractivity contribution in [1.29, 1.82) is 0 Å². The predicted octanol–water partition coefficient (Wildman–Crippen LogP) is 3.61. The van der Waals surface area contributed by atoms with Crippen molar-refractivity contribution in [3.63, 3.8) is 0 Å². The van der Waals surface area contributed by atoms with Gasteiger partial charge >= 0.3 is 0 Å². The molecular formula is C17H21FN2O. The minimum atomic E-state index is -0.341. The normalized spacial score (nSPS) is 10.9. The van der Waals surface area contributed by atoms with Crippen LogP contribution in [0.1, 0.15) is 30.7 Å². The van der Waals surface area contributed by atoms with Gasteiger partial charge < -0.3 is 10.1 Å². The quantitative estimate of drug-likeness (QED) is 0.881. The number of hydrogen-bond donors (Lipinski definition) is 1. The van der Waals surface area contributed by atoms with Crippen LogP contribution < -0.4 is 10.1 Å². The maximum atomic E-state index is 14.0. The highest BCUT2D eigenvalue weighted by atomic mass is 19.1. The Balaban J connectivity index is 2.13. The van der Waals surface area contributed by atoms with Crippen LogP contribution in [-0.2, 0) is 13.2 Å². The number of nitrogens with one attached hydrogen (secondary N) is 1. The summed E-state index contributed by atoms with van der Waals surface area (Å²) in [5.41, 5.74) is 2.68. The third kappa shape index (κ3) is 4.26. The molecule has 21 heavy (non-hydrogen) atoms. The summed E-state index contributed by atoms with van der Waals surface area (Å²) in [5, 5.41) is 3.28. The zero-order chi connectivity index (χ0) is 15.2. The molecule has 1 heterocycles. The summed E-state index contributed by atoms with van der Waals surface area (Å²) in [7, 11) is 0. The number of para-hydroxylation sites is 1. The Morgan fingerprint density at radius 2 is 2.05 bits per heavy atom. The third-order valence-corrected chi connectivity index (χ3v) is 3.22. The van der Waals surface area contributed by atoms with Crippen LogP contribution in [0, 0.1) is 12.7 Å². The summed E-state index contributed by atoms with van der Waals surface area (Å²) < 4.78 is 19.7. The second kappa shape index (κ2) is 7.18. The molecule has 2 aromatic rings. The number of nitrogens with zero attached hydrogens (tertiary/aromatic N) is 1. The van der Waals surface area contributed by atoms with Gasteiger partial charge in [-0.3, -0.25) is 4.98 Å². The van der Waals surface area contributed by atoms with Crippen LogP contribution in [0.2, 0.25) is 0 Å². The molecule has 0 fully saturated rings. The number of hydrogen-bond acceptors (Lipinski definition) is 3. The van der Waals surface area contributed by atoms with Gasteiger partial charge in [-0.25, -0.2) is 4.39 Å². The van der Waals surface area contributed by atoms with E-state index in [1.54, 1.807) is 12.3 Å². The topological polar surface area (TPSA) is 34.1 Å². The number of aromatic nitrogens is 1. The molecule has 2 rings (SSSR count). The number of benzene rings is 1. The number of ether oxygens (including phenoxy) is 1. The van der Waals surface area contributed by atoms with Crippen LogP contribution in [0.15, 0.2) is 36.5 Å². The number of rotatable bonds is 6. The van der Waals surface area contributed by atoms with E-state index in [4.69, 9.17) is 4.74 Å². The SMILES string of the molecule is Cc1cccnc1COc1c(F)cccc1CNC(C)C. The van der Waals surface area contributed by atoms with Crippen LogP contribution in [0.3, 0.4) is 0 Å². The molecule has 3 nitrogen and oxygen atoms in total. The molecular weight excluding hydrogens is 267 g/mol. The van der Waals surface area contributed by atoms with Gasteiger partial charge in [0.25, 0.3) is 0 Å². The van der Waals surface area contributed by atoms with Crippen molar-refractivity contribution in [1.82, 2.24) is 10.3 Å². The Labute approximate surface area is 125 Å². The van der Waals surface area contributed by atoms with E-state index in [-0.39, 0.29) is 12.4 Å². The van der Waals surface area contributed by atoms with E-state index < -0.39 is 0 Å². The molecule has 0 radical (unpaired) electrons. The van der Waals surface area contributed by atoms with Gasteiger partial charge in [0.15, 0.2) is 11.6 Å². The summed E-state index contributed by atoms with van der Waals surface area (Å²) in [6, 6.07) is 9.16. The molecule has 4 heteroatoms. The van der Waals surface area contributed by atoms with Gasteiger partial charge in [-0.2, -0.15) is 0 Å². The lowest BCUT2D eigenvalue weighted by Crippen LogP contribution is -2.22. The van der Waals surface area contributed by atoms with Gasteiger partial charge in [0, 0.05) is 24.3 Å². The van der Waals surface area contributed by atoms with Crippen molar-refractivity contribution < 1.29 is 9.13 Å². The predicted molar refractivity (Wildman–Crippen MR) is 81.7 cm³/mol. The minimum Gasteiger partial charge on any atom is -0.484 e. The Kier molecular flexibility index (Phi) is 5.28. The Morgan fingerprint density at radius 1 is 1.24 bits per heavy atom. The van der Waals surface area contributed by atoms with E-state index in [0.717, 1.165) is 16.8 Å². The first-order valence-corrected chi connectivity index (χ1v) is 7.12. The Bertz CT molecular complexity index is 599. The van der Waals surface area contributed by atoms with E-state index in [0.29, 0.717) is 18.3 Å². The Morgan fingerprint density at radius 3 is 2.76 bits per heavy atom. The molecule has 0 atom stereocenters. The summed E-state index contributed by atoms with van der Waals surface area (Å²) in [6.45, 7) is 6.91. The van der Waals surface area contributed by atoms with E-state index in [9.17, 15) is 4.39 Å². The molecule has 0 spiro atoms. The van der Waals surface area contributed by atoms with Gasteiger partial charge in [-0.15, -0.1) is 0 Å². The van der Waals surface area contributed by atoms with Gasteiger partial charge in [-0.1, -0.05) is 32.0 Å². The first-order valence-electron chi connectivity index (χ1n) is 7.12. The van der Waals surface area contributed by atoms with Gasteiger partial charge in [-0.05, 0) is 24.6 Å². The highest BCUT2D eigenvalue weighted by Gasteiger charge is 2.11. The fourth-order valence-corrected chi connectivity index (χ4v) is 1.98. The fourth-order valence-electron chi connectivity index (χ4n) is 1.98. The standard InChI is InChI=1S/C17H21FN2O/c1-12(2)20-10-14-7-4-8-15(18)17(14)21-11-16-13(3)6-5-9-19-16/h4-9,12,20H,10-11H2,1-3H3. The summed E-state index contributed by atoms with van der Waals surface area (Å²) >= 11 is 0. The molecule has 0 saturated heterocycles. The maximum Gasteiger partial charge on any atom is 0.165 e. The van der Waals surface area contributed by atoms with Crippen LogP contribution in [0.5, 0.6) is 5.75 Å². The maximum absolute atomic E-state index is 14.0. The second-order valence-electron chi connectivity index (χ2n) is 5.32. The lowest BCUT2D eigenvalue weighted by molar-refractivity contribution is 0.280. The average Bonchev–Trinajstić information content (AvgIpc) is 2.45. The molecule has 1 aromatic carbocycles. The molecule has 0 bridgehead atoms. The van der Waals surface area contributed by atoms with Crippen molar-refractivity contribution in [2.24, 2.45) is 0 Å². The van der Waals surface area contributed by atoms with Gasteiger partial charge in [0.2, 0.25) is 0 Å². The summed E-state index contributed by atoms with van der Waals surface area (Å²) in [6.07, 6.45) is 1.72. The third-order valence-electron chi connectivity index (χ3n) is 3.22. The average molecular weight is 288 g/mol. The molecule has 0 aliphatic heterocycles. The summed E-state index contributed by atoms with van der Waals surface area (Å²) in [5.74, 6) is -0.0395. The zero-order valence-electron chi connectivity index (χ0n) is 12.7. The van der Waals surface area contributed by atoms with E-state index >= 15 is 0 Å². The smallest absolute Gasteiger partial charge is 0.165 e. The van der Waals surface area contributed by atoms with E-state index in [1.165, 1.54) is 6.07 Å². The Hall–Kier alpha value is -1.94. The molecule has 1 aromatic heterocycles. The van der Waals surface area contributed by atoms with Crippen molar-refractivity contribution in [3.05, 3.63) is 59.2 Å². The van der Waals surface area contributed by atoms with Gasteiger partial charge in [0.05, 0.1) is 5.69 Å². The van der Waals surface area contributed by atoms with Crippen LogP contribution >= 0.6 is 0 Å². The monoisotopic (exact) mass is 288 g/mol. The summed E-state index contributed by atoms with van der Waals surface area (Å²) in [4.78, 5) is 4.26. The van der Waals surface area contributed by atoms with E-state index in [1.807, 2.05) is 25.1 Å². The second-order valence-corrected chi connectivity index (χ2v) is 5.32. The van der Waals surface area contributed by atoms with Crippen molar-refractivity contribution in [2.45, 2.75) is 40.0 Å². The number of halogens is 1. The van der Waals surface area contributed by atoms with Crippen molar-refractivity contribution in [2.75, 3.05) is 0 Å². The van der Waals surface area contributed by atoms with Crippen LogP contribution in [-0.4, -0.2) is 11.0 Å². The molecule has 0 saturated carbocycles. The number of aryl methyl sites for hydroxylation is 1. The molecule has 112 valence electrons. The molecule has 1 N–H and O–H groups in total. The van der Waals surface area contributed by atoms with Gasteiger partial charge in [0.1, 0.15) is 6.61 Å². The van der Waals surface area contributed by atoms with E-state index in [2.05, 4.69) is 24.1 Å². The number of pyridine rings is 1.